The number of rotatable bonds is 6. The van der Waals surface area contributed by atoms with Crippen LogP contribution in [0.1, 0.15) is 51.6 Å². The highest BCUT2D eigenvalue weighted by Crippen LogP contribution is 2.39. The van der Waals surface area contributed by atoms with Crippen molar-refractivity contribution in [2.75, 3.05) is 16.8 Å². The molecular weight excluding hydrogens is 330 g/mol. The van der Waals surface area contributed by atoms with Gasteiger partial charge >= 0.3 is 0 Å². The van der Waals surface area contributed by atoms with Gasteiger partial charge in [0, 0.05) is 28.3 Å². The Balaban J connectivity index is 2.38. The third-order valence-corrected chi connectivity index (χ3v) is 4.81. The topological polar surface area (TPSA) is 58.4 Å². The molecule has 1 aromatic rings. The maximum atomic E-state index is 11.7. The van der Waals surface area contributed by atoms with Gasteiger partial charge in [-0.1, -0.05) is 20.3 Å². The van der Waals surface area contributed by atoms with Crippen molar-refractivity contribution >= 4 is 33.2 Å². The van der Waals surface area contributed by atoms with E-state index in [1.807, 2.05) is 12.1 Å². The van der Waals surface area contributed by atoms with Gasteiger partial charge in [-0.05, 0) is 47.8 Å². The minimum absolute atomic E-state index is 0.127. The molecule has 5 heteroatoms. The number of nitrogens with zero attached hydrogens (tertiary/aromatic N) is 1. The Bertz CT molecular complexity index is 532. The Morgan fingerprint density at radius 3 is 2.76 bits per heavy atom. The molecular formula is C16H24BrN3O. The van der Waals surface area contributed by atoms with Gasteiger partial charge in [0.2, 0.25) is 5.91 Å². The van der Waals surface area contributed by atoms with Crippen LogP contribution >= 0.6 is 15.9 Å². The average Bonchev–Trinajstić information content (AvgIpc) is 2.74. The molecule has 116 valence electrons. The molecule has 0 spiro atoms. The van der Waals surface area contributed by atoms with Gasteiger partial charge in [0.25, 0.3) is 0 Å². The predicted molar refractivity (Wildman–Crippen MR) is 91.7 cm³/mol. The molecule has 2 unspecified atom stereocenters. The molecule has 1 aliphatic heterocycles. The summed E-state index contributed by atoms with van der Waals surface area (Å²) in [5.41, 5.74) is 8.75. The smallest absolute Gasteiger partial charge is 0.245 e. The van der Waals surface area contributed by atoms with Crippen molar-refractivity contribution in [2.24, 2.45) is 5.73 Å². The zero-order valence-electron chi connectivity index (χ0n) is 12.9. The average molecular weight is 354 g/mol. The first kappa shape index (κ1) is 16.3. The van der Waals surface area contributed by atoms with E-state index in [0.717, 1.165) is 47.2 Å². The molecule has 21 heavy (non-hydrogen) atoms. The second-order valence-electron chi connectivity index (χ2n) is 5.66. The lowest BCUT2D eigenvalue weighted by atomic mass is 10.1. The summed E-state index contributed by atoms with van der Waals surface area (Å²) in [4.78, 5) is 14.1. The molecule has 3 N–H and O–H groups in total. The van der Waals surface area contributed by atoms with Gasteiger partial charge in [-0.15, -0.1) is 0 Å². The SMILES string of the molecule is CCCCN(c1cc2c(cc1Br)C(N)C(=O)N2)C(C)CC. The molecule has 2 rings (SSSR count). The fourth-order valence-electron chi connectivity index (χ4n) is 2.64. The van der Waals surface area contributed by atoms with E-state index >= 15 is 0 Å². The summed E-state index contributed by atoms with van der Waals surface area (Å²) >= 11 is 3.65. The molecule has 1 aromatic carbocycles. The molecule has 0 bridgehead atoms. The minimum Gasteiger partial charge on any atom is -0.368 e. The van der Waals surface area contributed by atoms with E-state index in [-0.39, 0.29) is 5.91 Å². The third-order valence-electron chi connectivity index (χ3n) is 4.18. The molecule has 0 aliphatic carbocycles. The Labute approximate surface area is 135 Å². The second kappa shape index (κ2) is 6.79. The molecule has 0 saturated heterocycles. The number of unbranched alkanes of at least 4 members (excludes halogenated alkanes) is 1. The molecule has 2 atom stereocenters. The normalized spacial score (nSPS) is 18.3. The highest BCUT2D eigenvalue weighted by Gasteiger charge is 2.29. The Morgan fingerprint density at radius 1 is 1.43 bits per heavy atom. The molecule has 0 fully saturated rings. The van der Waals surface area contributed by atoms with Crippen molar-refractivity contribution in [3.63, 3.8) is 0 Å². The van der Waals surface area contributed by atoms with E-state index < -0.39 is 6.04 Å². The van der Waals surface area contributed by atoms with Crippen LogP contribution in [0.2, 0.25) is 0 Å². The van der Waals surface area contributed by atoms with Gasteiger partial charge in [0.05, 0.1) is 5.69 Å². The molecule has 1 heterocycles. The van der Waals surface area contributed by atoms with Crippen molar-refractivity contribution in [2.45, 2.75) is 52.1 Å². The first-order chi connectivity index (χ1) is 9.99. The lowest BCUT2D eigenvalue weighted by Crippen LogP contribution is -2.33. The van der Waals surface area contributed by atoms with Gasteiger partial charge < -0.3 is 16.0 Å². The van der Waals surface area contributed by atoms with E-state index in [0.29, 0.717) is 6.04 Å². The summed E-state index contributed by atoms with van der Waals surface area (Å²) < 4.78 is 1.00. The fraction of sp³-hybridized carbons (Fsp3) is 0.562. The number of carbonyl (C=O) groups is 1. The molecule has 0 aromatic heterocycles. The van der Waals surface area contributed by atoms with Gasteiger partial charge in [0.15, 0.2) is 0 Å². The van der Waals surface area contributed by atoms with Crippen molar-refractivity contribution < 1.29 is 4.79 Å². The first-order valence-corrected chi connectivity index (χ1v) is 8.45. The van der Waals surface area contributed by atoms with Crippen LogP contribution in [-0.2, 0) is 4.79 Å². The molecule has 4 nitrogen and oxygen atoms in total. The number of carbonyl (C=O) groups excluding carboxylic acids is 1. The van der Waals surface area contributed by atoms with Crippen LogP contribution in [0.3, 0.4) is 0 Å². The number of nitrogens with two attached hydrogens (primary N) is 1. The van der Waals surface area contributed by atoms with Crippen molar-refractivity contribution in [1.82, 2.24) is 0 Å². The largest absolute Gasteiger partial charge is 0.368 e. The molecule has 0 radical (unpaired) electrons. The number of fused-ring (bicyclic) bond motifs is 1. The number of halogens is 1. The van der Waals surface area contributed by atoms with E-state index in [1.54, 1.807) is 0 Å². The summed E-state index contributed by atoms with van der Waals surface area (Å²) in [5.74, 6) is -0.127. The lowest BCUT2D eigenvalue weighted by molar-refractivity contribution is -0.116. The van der Waals surface area contributed by atoms with Gasteiger partial charge in [-0.3, -0.25) is 4.79 Å². The summed E-state index contributed by atoms with van der Waals surface area (Å²) in [6, 6.07) is 3.93. The van der Waals surface area contributed by atoms with Gasteiger partial charge in [0.1, 0.15) is 6.04 Å². The Kier molecular flexibility index (Phi) is 5.27. The number of nitrogens with one attached hydrogen (secondary N) is 1. The minimum atomic E-state index is -0.557. The maximum Gasteiger partial charge on any atom is 0.245 e. The van der Waals surface area contributed by atoms with E-state index in [2.05, 4.69) is 46.9 Å². The van der Waals surface area contributed by atoms with Crippen molar-refractivity contribution in [1.29, 1.82) is 0 Å². The maximum absolute atomic E-state index is 11.7. The second-order valence-corrected chi connectivity index (χ2v) is 6.52. The fourth-order valence-corrected chi connectivity index (χ4v) is 3.23. The molecule has 1 amide bonds. The van der Waals surface area contributed by atoms with Crippen LogP contribution in [-0.4, -0.2) is 18.5 Å². The van der Waals surface area contributed by atoms with Crippen LogP contribution in [0, 0.1) is 0 Å². The number of hydrogen-bond acceptors (Lipinski definition) is 3. The Hall–Kier alpha value is -1.07. The summed E-state index contributed by atoms with van der Waals surface area (Å²) in [6.45, 7) is 7.65. The predicted octanol–water partition coefficient (Wildman–Crippen LogP) is 3.81. The van der Waals surface area contributed by atoms with E-state index in [9.17, 15) is 4.79 Å². The van der Waals surface area contributed by atoms with Crippen LogP contribution in [0.15, 0.2) is 16.6 Å². The monoisotopic (exact) mass is 353 g/mol. The quantitative estimate of drug-likeness (QED) is 0.817. The van der Waals surface area contributed by atoms with Crippen LogP contribution in [0.4, 0.5) is 11.4 Å². The van der Waals surface area contributed by atoms with Gasteiger partial charge in [-0.2, -0.15) is 0 Å². The van der Waals surface area contributed by atoms with Crippen molar-refractivity contribution in [3.05, 3.63) is 22.2 Å². The summed E-state index contributed by atoms with van der Waals surface area (Å²) in [5, 5.41) is 2.87. The highest BCUT2D eigenvalue weighted by atomic mass is 79.9. The number of amides is 1. The summed E-state index contributed by atoms with van der Waals surface area (Å²) in [6.07, 6.45) is 3.40. The highest BCUT2D eigenvalue weighted by molar-refractivity contribution is 9.10. The standard InChI is InChI=1S/C16H24BrN3O/c1-4-6-7-20(10(3)5-2)14-9-13-11(8-12(14)17)15(18)16(21)19-13/h8-10,15H,4-7,18H2,1-3H3,(H,19,21). The zero-order valence-corrected chi connectivity index (χ0v) is 14.5. The summed E-state index contributed by atoms with van der Waals surface area (Å²) in [7, 11) is 0. The third kappa shape index (κ3) is 3.24. The van der Waals surface area contributed by atoms with Crippen LogP contribution < -0.4 is 16.0 Å². The van der Waals surface area contributed by atoms with E-state index in [4.69, 9.17) is 5.73 Å². The lowest BCUT2D eigenvalue weighted by Gasteiger charge is -2.32. The van der Waals surface area contributed by atoms with E-state index in [1.165, 1.54) is 0 Å². The Morgan fingerprint density at radius 2 is 2.14 bits per heavy atom. The zero-order chi connectivity index (χ0) is 15.6. The number of hydrogen-bond donors (Lipinski definition) is 2. The first-order valence-electron chi connectivity index (χ1n) is 7.66. The van der Waals surface area contributed by atoms with Gasteiger partial charge in [-0.25, -0.2) is 0 Å². The number of benzene rings is 1. The molecule has 0 saturated carbocycles. The van der Waals surface area contributed by atoms with Crippen LogP contribution in [0.5, 0.6) is 0 Å². The molecule has 1 aliphatic rings. The number of anilines is 2. The van der Waals surface area contributed by atoms with Crippen molar-refractivity contribution in [3.8, 4) is 0 Å². The van der Waals surface area contributed by atoms with Crippen LogP contribution in [0.25, 0.3) is 0 Å².